The molecule has 104 valence electrons. The number of nitro benzene ring substituents is 1. The fourth-order valence-corrected chi connectivity index (χ4v) is 1.64. The van der Waals surface area contributed by atoms with Crippen molar-refractivity contribution in [2.24, 2.45) is 0 Å². The highest BCUT2D eigenvalue weighted by atomic mass is 19.2. The fourth-order valence-electron chi connectivity index (χ4n) is 1.64. The van der Waals surface area contributed by atoms with E-state index in [1.54, 1.807) is 6.07 Å². The summed E-state index contributed by atoms with van der Waals surface area (Å²) < 4.78 is 38.7. The lowest BCUT2D eigenvalue weighted by Crippen LogP contribution is -2.02. The van der Waals surface area contributed by atoms with Gasteiger partial charge in [0.15, 0.2) is 17.5 Å². The Morgan fingerprint density at radius 2 is 1.75 bits per heavy atom. The van der Waals surface area contributed by atoms with Crippen LogP contribution in [-0.2, 0) is 6.54 Å². The lowest BCUT2D eigenvalue weighted by Gasteiger charge is -2.07. The van der Waals surface area contributed by atoms with Gasteiger partial charge in [-0.1, -0.05) is 12.1 Å². The van der Waals surface area contributed by atoms with Crippen molar-refractivity contribution >= 4 is 11.4 Å². The molecule has 0 aliphatic carbocycles. The molecule has 0 fully saturated rings. The van der Waals surface area contributed by atoms with Gasteiger partial charge in [-0.3, -0.25) is 10.1 Å². The van der Waals surface area contributed by atoms with Crippen molar-refractivity contribution in [1.29, 1.82) is 0 Å². The van der Waals surface area contributed by atoms with Crippen LogP contribution in [0.3, 0.4) is 0 Å². The van der Waals surface area contributed by atoms with Crippen LogP contribution in [0.4, 0.5) is 24.5 Å². The number of non-ortho nitro benzene ring substituents is 1. The average molecular weight is 282 g/mol. The van der Waals surface area contributed by atoms with Gasteiger partial charge in [-0.15, -0.1) is 0 Å². The minimum Gasteiger partial charge on any atom is -0.381 e. The molecular weight excluding hydrogens is 273 g/mol. The van der Waals surface area contributed by atoms with Gasteiger partial charge in [0.05, 0.1) is 4.92 Å². The summed E-state index contributed by atoms with van der Waals surface area (Å²) in [6.07, 6.45) is 0. The maximum Gasteiger partial charge on any atom is 0.269 e. The number of nitrogens with one attached hydrogen (secondary N) is 1. The van der Waals surface area contributed by atoms with Gasteiger partial charge >= 0.3 is 0 Å². The zero-order valence-electron chi connectivity index (χ0n) is 10.1. The van der Waals surface area contributed by atoms with Gasteiger partial charge in [0, 0.05) is 36.5 Å². The third-order valence-electron chi connectivity index (χ3n) is 2.60. The number of anilines is 1. The number of halogens is 3. The van der Waals surface area contributed by atoms with Crippen molar-refractivity contribution in [2.45, 2.75) is 6.54 Å². The molecule has 0 spiro atoms. The normalized spacial score (nSPS) is 10.3. The topological polar surface area (TPSA) is 55.2 Å². The Bertz CT molecular complexity index is 639. The Morgan fingerprint density at radius 3 is 2.35 bits per heavy atom. The minimum atomic E-state index is -1.54. The van der Waals surface area contributed by atoms with Crippen molar-refractivity contribution in [3.63, 3.8) is 0 Å². The number of rotatable bonds is 4. The molecule has 0 aromatic heterocycles. The molecule has 2 rings (SSSR count). The lowest BCUT2D eigenvalue weighted by molar-refractivity contribution is -0.384. The van der Waals surface area contributed by atoms with Gasteiger partial charge < -0.3 is 5.32 Å². The van der Waals surface area contributed by atoms with Crippen molar-refractivity contribution < 1.29 is 18.1 Å². The molecule has 0 radical (unpaired) electrons. The van der Waals surface area contributed by atoms with E-state index in [0.717, 1.165) is 12.1 Å². The van der Waals surface area contributed by atoms with Gasteiger partial charge in [-0.2, -0.15) is 0 Å². The van der Waals surface area contributed by atoms with Crippen LogP contribution in [0.25, 0.3) is 0 Å². The molecule has 2 aromatic carbocycles. The number of nitro groups is 1. The highest BCUT2D eigenvalue weighted by Gasteiger charge is 2.10. The Kier molecular flexibility index (Phi) is 3.88. The summed E-state index contributed by atoms with van der Waals surface area (Å²) in [6, 6.07) is 7.42. The summed E-state index contributed by atoms with van der Waals surface area (Å²) in [5.74, 6) is -4.14. The third kappa shape index (κ3) is 3.05. The minimum absolute atomic E-state index is 0.0490. The van der Waals surface area contributed by atoms with E-state index in [0.29, 0.717) is 5.56 Å². The first-order chi connectivity index (χ1) is 9.47. The monoisotopic (exact) mass is 282 g/mol. The first kappa shape index (κ1) is 13.9. The molecule has 2 aromatic rings. The summed E-state index contributed by atoms with van der Waals surface area (Å²) in [5.41, 5.74) is 0.526. The highest BCUT2D eigenvalue weighted by molar-refractivity contribution is 5.45. The first-order valence-corrected chi connectivity index (χ1v) is 5.59. The average Bonchev–Trinajstić information content (AvgIpc) is 2.42. The molecular formula is C13H9F3N2O2. The van der Waals surface area contributed by atoms with Crippen LogP contribution in [0, 0.1) is 27.6 Å². The predicted molar refractivity (Wildman–Crippen MR) is 66.7 cm³/mol. The van der Waals surface area contributed by atoms with Gasteiger partial charge in [-0.05, 0) is 5.56 Å². The summed E-state index contributed by atoms with van der Waals surface area (Å²) >= 11 is 0. The number of nitrogens with zero attached hydrogens (tertiary/aromatic N) is 1. The van der Waals surface area contributed by atoms with Crippen LogP contribution in [0.1, 0.15) is 5.56 Å². The maximum atomic E-state index is 13.0. The van der Waals surface area contributed by atoms with Crippen LogP contribution in [-0.4, -0.2) is 4.92 Å². The summed E-state index contributed by atoms with van der Waals surface area (Å²) in [6.45, 7) is 0.117. The van der Waals surface area contributed by atoms with E-state index in [4.69, 9.17) is 0 Å². The van der Waals surface area contributed by atoms with E-state index in [-0.39, 0.29) is 17.9 Å². The zero-order valence-corrected chi connectivity index (χ0v) is 10.1. The van der Waals surface area contributed by atoms with E-state index in [1.165, 1.54) is 18.2 Å². The summed E-state index contributed by atoms with van der Waals surface area (Å²) in [4.78, 5) is 10.1. The molecule has 0 saturated carbocycles. The second kappa shape index (κ2) is 5.60. The van der Waals surface area contributed by atoms with Crippen LogP contribution in [0.5, 0.6) is 0 Å². The quantitative estimate of drug-likeness (QED) is 0.529. The molecule has 0 heterocycles. The number of hydrogen-bond donors (Lipinski definition) is 1. The number of benzene rings is 2. The van der Waals surface area contributed by atoms with Crippen LogP contribution in [0.2, 0.25) is 0 Å². The van der Waals surface area contributed by atoms with Gasteiger partial charge in [0.2, 0.25) is 0 Å². The fraction of sp³-hybridized carbons (Fsp3) is 0.0769. The van der Waals surface area contributed by atoms with Crippen molar-refractivity contribution in [2.75, 3.05) is 5.32 Å². The van der Waals surface area contributed by atoms with Gasteiger partial charge in [0.1, 0.15) is 0 Å². The molecule has 0 bridgehead atoms. The Hall–Kier alpha value is -2.57. The largest absolute Gasteiger partial charge is 0.381 e. The van der Waals surface area contributed by atoms with Crippen molar-refractivity contribution in [3.8, 4) is 0 Å². The third-order valence-corrected chi connectivity index (χ3v) is 2.60. The second-order valence-corrected chi connectivity index (χ2v) is 4.03. The first-order valence-electron chi connectivity index (χ1n) is 5.59. The Balaban J connectivity index is 2.13. The molecule has 1 N–H and O–H groups in total. The van der Waals surface area contributed by atoms with E-state index in [1.807, 2.05) is 0 Å². The molecule has 0 atom stereocenters. The van der Waals surface area contributed by atoms with Crippen LogP contribution in [0.15, 0.2) is 36.4 Å². The predicted octanol–water partition coefficient (Wildman–Crippen LogP) is 3.62. The van der Waals surface area contributed by atoms with Gasteiger partial charge in [0.25, 0.3) is 5.69 Å². The Morgan fingerprint density at radius 1 is 1.10 bits per heavy atom. The highest BCUT2D eigenvalue weighted by Crippen LogP contribution is 2.19. The van der Waals surface area contributed by atoms with E-state index in [2.05, 4.69) is 5.32 Å². The lowest BCUT2D eigenvalue weighted by atomic mass is 10.2. The van der Waals surface area contributed by atoms with E-state index >= 15 is 0 Å². The molecule has 0 saturated heterocycles. The van der Waals surface area contributed by atoms with Gasteiger partial charge in [-0.25, -0.2) is 13.2 Å². The van der Waals surface area contributed by atoms with Crippen LogP contribution < -0.4 is 5.32 Å². The number of hydrogen-bond acceptors (Lipinski definition) is 3. The summed E-state index contributed by atoms with van der Waals surface area (Å²) in [5, 5.41) is 13.3. The Labute approximate surface area is 112 Å². The van der Waals surface area contributed by atoms with Crippen LogP contribution >= 0.6 is 0 Å². The molecule has 0 unspecified atom stereocenters. The smallest absolute Gasteiger partial charge is 0.269 e. The molecule has 0 amide bonds. The SMILES string of the molecule is O=[N+]([O-])c1cccc(CNc2cc(F)c(F)c(F)c2)c1. The maximum absolute atomic E-state index is 13.0. The zero-order chi connectivity index (χ0) is 14.7. The molecule has 7 heteroatoms. The van der Waals surface area contributed by atoms with Crippen molar-refractivity contribution in [1.82, 2.24) is 0 Å². The van der Waals surface area contributed by atoms with Crippen molar-refractivity contribution in [3.05, 3.63) is 69.5 Å². The molecule has 0 aliphatic heterocycles. The molecule has 4 nitrogen and oxygen atoms in total. The summed E-state index contributed by atoms with van der Waals surface area (Å²) in [7, 11) is 0. The van der Waals surface area contributed by atoms with E-state index in [9.17, 15) is 23.3 Å². The standard InChI is InChI=1S/C13H9F3N2O2/c14-11-5-9(6-12(15)13(11)16)17-7-8-2-1-3-10(4-8)18(19)20/h1-6,17H,7H2. The molecule has 0 aliphatic rings. The second-order valence-electron chi connectivity index (χ2n) is 4.03. The molecule has 20 heavy (non-hydrogen) atoms. The van der Waals surface area contributed by atoms with E-state index < -0.39 is 22.4 Å².